The van der Waals surface area contributed by atoms with E-state index < -0.39 is 0 Å². The van der Waals surface area contributed by atoms with Crippen LogP contribution in [-0.2, 0) is 0 Å². The van der Waals surface area contributed by atoms with Crippen LogP contribution in [0.15, 0.2) is 54.7 Å². The van der Waals surface area contributed by atoms with Crippen LogP contribution >= 0.6 is 0 Å². The Kier molecular flexibility index (Phi) is 5.05. The SMILES string of the molecule is CC(C)c1ccc([C@@H](N)CNC(=O)c2cnc3ccccc3n2)cc1. The van der Waals surface area contributed by atoms with Crippen LogP contribution in [-0.4, -0.2) is 22.4 Å². The molecule has 2 aromatic carbocycles. The molecule has 3 rings (SSSR count). The zero-order chi connectivity index (χ0) is 17.8. The van der Waals surface area contributed by atoms with Gasteiger partial charge in [-0.1, -0.05) is 50.2 Å². The van der Waals surface area contributed by atoms with Crippen molar-refractivity contribution in [1.29, 1.82) is 0 Å². The maximum Gasteiger partial charge on any atom is 0.271 e. The van der Waals surface area contributed by atoms with Crippen molar-refractivity contribution in [2.45, 2.75) is 25.8 Å². The number of hydrogen-bond acceptors (Lipinski definition) is 4. The van der Waals surface area contributed by atoms with Gasteiger partial charge < -0.3 is 11.1 Å². The van der Waals surface area contributed by atoms with Gasteiger partial charge in [-0.15, -0.1) is 0 Å². The molecule has 0 bridgehead atoms. The molecular weight excluding hydrogens is 312 g/mol. The van der Waals surface area contributed by atoms with Crippen LogP contribution in [0.3, 0.4) is 0 Å². The Hall–Kier alpha value is -2.79. The topological polar surface area (TPSA) is 80.9 Å². The van der Waals surface area contributed by atoms with Crippen LogP contribution in [0.1, 0.15) is 47.4 Å². The van der Waals surface area contributed by atoms with Gasteiger partial charge in [0.1, 0.15) is 5.69 Å². The largest absolute Gasteiger partial charge is 0.349 e. The standard InChI is InChI=1S/C20H22N4O/c1-13(2)14-7-9-15(10-8-14)16(21)11-23-20(25)19-12-22-17-5-3-4-6-18(17)24-19/h3-10,12-13,16H,11,21H2,1-2H3,(H,23,25)/t16-/m0/s1. The smallest absolute Gasteiger partial charge is 0.271 e. The number of nitrogens with two attached hydrogens (primary N) is 1. The molecule has 0 aliphatic rings. The van der Waals surface area contributed by atoms with Gasteiger partial charge in [-0.25, -0.2) is 4.98 Å². The first-order valence-electron chi connectivity index (χ1n) is 8.40. The fraction of sp³-hybridized carbons (Fsp3) is 0.250. The first-order chi connectivity index (χ1) is 12.0. The molecule has 0 aliphatic heterocycles. The number of rotatable bonds is 5. The maximum absolute atomic E-state index is 12.3. The molecule has 5 nitrogen and oxygen atoms in total. The van der Waals surface area contributed by atoms with Crippen molar-refractivity contribution < 1.29 is 4.79 Å². The van der Waals surface area contributed by atoms with Crippen LogP contribution in [0.2, 0.25) is 0 Å². The van der Waals surface area contributed by atoms with Crippen molar-refractivity contribution in [2.75, 3.05) is 6.54 Å². The Morgan fingerprint density at radius 1 is 1.04 bits per heavy atom. The average Bonchev–Trinajstić information content (AvgIpc) is 2.65. The normalized spacial score (nSPS) is 12.3. The Balaban J connectivity index is 1.64. The number of carbonyl (C=O) groups excluding carboxylic acids is 1. The van der Waals surface area contributed by atoms with Crippen molar-refractivity contribution in [3.8, 4) is 0 Å². The highest BCUT2D eigenvalue weighted by Gasteiger charge is 2.12. The third-order valence-corrected chi connectivity index (χ3v) is 4.20. The van der Waals surface area contributed by atoms with E-state index in [1.54, 1.807) is 0 Å². The number of aromatic nitrogens is 2. The summed E-state index contributed by atoms with van der Waals surface area (Å²) in [6.07, 6.45) is 1.49. The first kappa shape index (κ1) is 17.0. The Morgan fingerprint density at radius 3 is 2.36 bits per heavy atom. The molecule has 128 valence electrons. The predicted molar refractivity (Wildman–Crippen MR) is 99.3 cm³/mol. The van der Waals surface area contributed by atoms with E-state index in [2.05, 4.69) is 41.3 Å². The highest BCUT2D eigenvalue weighted by atomic mass is 16.1. The van der Waals surface area contributed by atoms with Gasteiger partial charge in [-0.2, -0.15) is 0 Å². The molecule has 0 unspecified atom stereocenters. The van der Waals surface area contributed by atoms with Gasteiger partial charge in [0.2, 0.25) is 0 Å². The van der Waals surface area contributed by atoms with Crippen LogP contribution in [0.5, 0.6) is 0 Å². The summed E-state index contributed by atoms with van der Waals surface area (Å²) in [5.41, 5.74) is 10.2. The van der Waals surface area contributed by atoms with Crippen molar-refractivity contribution in [2.24, 2.45) is 5.73 Å². The fourth-order valence-corrected chi connectivity index (χ4v) is 2.61. The van der Waals surface area contributed by atoms with Gasteiger partial charge in [-0.3, -0.25) is 9.78 Å². The van der Waals surface area contributed by atoms with Crippen molar-refractivity contribution in [3.05, 3.63) is 71.5 Å². The van der Waals surface area contributed by atoms with E-state index in [0.29, 0.717) is 23.7 Å². The lowest BCUT2D eigenvalue weighted by Gasteiger charge is -2.14. The number of amides is 1. The van der Waals surface area contributed by atoms with Crippen LogP contribution in [0, 0.1) is 0 Å². The van der Waals surface area contributed by atoms with Crippen LogP contribution in [0.25, 0.3) is 11.0 Å². The lowest BCUT2D eigenvalue weighted by Crippen LogP contribution is -2.32. The quantitative estimate of drug-likeness (QED) is 0.751. The van der Waals surface area contributed by atoms with Crippen molar-refractivity contribution in [1.82, 2.24) is 15.3 Å². The Labute approximate surface area is 147 Å². The van der Waals surface area contributed by atoms with Gasteiger partial charge >= 0.3 is 0 Å². The molecule has 25 heavy (non-hydrogen) atoms. The van der Waals surface area contributed by atoms with E-state index in [4.69, 9.17) is 5.73 Å². The van der Waals surface area contributed by atoms with Gasteiger partial charge in [0.25, 0.3) is 5.91 Å². The molecule has 1 aromatic heterocycles. The number of para-hydroxylation sites is 2. The van der Waals surface area contributed by atoms with E-state index in [1.165, 1.54) is 11.8 Å². The van der Waals surface area contributed by atoms with Gasteiger partial charge in [0, 0.05) is 12.6 Å². The molecule has 1 amide bonds. The van der Waals surface area contributed by atoms with Crippen LogP contribution < -0.4 is 11.1 Å². The van der Waals surface area contributed by atoms with E-state index in [1.807, 2.05) is 36.4 Å². The molecule has 0 spiro atoms. The zero-order valence-corrected chi connectivity index (χ0v) is 14.4. The minimum atomic E-state index is -0.271. The molecule has 1 atom stereocenters. The fourth-order valence-electron chi connectivity index (χ4n) is 2.61. The van der Waals surface area contributed by atoms with Gasteiger partial charge in [0.15, 0.2) is 0 Å². The lowest BCUT2D eigenvalue weighted by molar-refractivity contribution is 0.0946. The number of nitrogens with one attached hydrogen (secondary N) is 1. The monoisotopic (exact) mass is 334 g/mol. The Bertz CT molecular complexity index is 874. The second-order valence-corrected chi connectivity index (χ2v) is 6.38. The lowest BCUT2D eigenvalue weighted by atomic mass is 9.99. The van der Waals surface area contributed by atoms with Gasteiger partial charge in [-0.05, 0) is 29.2 Å². The first-order valence-corrected chi connectivity index (χ1v) is 8.40. The second-order valence-electron chi connectivity index (χ2n) is 6.38. The van der Waals surface area contributed by atoms with E-state index in [9.17, 15) is 4.79 Å². The molecule has 0 saturated heterocycles. The highest BCUT2D eigenvalue weighted by molar-refractivity contribution is 5.93. The molecule has 0 radical (unpaired) electrons. The summed E-state index contributed by atoms with van der Waals surface area (Å²) >= 11 is 0. The van der Waals surface area contributed by atoms with E-state index in [-0.39, 0.29) is 11.9 Å². The predicted octanol–water partition coefficient (Wildman–Crippen LogP) is 3.18. The molecule has 0 aliphatic carbocycles. The minimum absolute atomic E-state index is 0.265. The third kappa shape index (κ3) is 4.00. The number of nitrogens with zero attached hydrogens (tertiary/aromatic N) is 2. The number of benzene rings is 2. The minimum Gasteiger partial charge on any atom is -0.349 e. The van der Waals surface area contributed by atoms with Crippen LogP contribution in [0.4, 0.5) is 0 Å². The number of fused-ring (bicyclic) bond motifs is 1. The summed E-state index contributed by atoms with van der Waals surface area (Å²) < 4.78 is 0. The summed E-state index contributed by atoms with van der Waals surface area (Å²) in [6.45, 7) is 4.65. The number of hydrogen-bond donors (Lipinski definition) is 2. The maximum atomic E-state index is 12.3. The highest BCUT2D eigenvalue weighted by Crippen LogP contribution is 2.17. The van der Waals surface area contributed by atoms with E-state index in [0.717, 1.165) is 11.1 Å². The molecule has 0 saturated carbocycles. The van der Waals surface area contributed by atoms with Gasteiger partial charge in [0.05, 0.1) is 17.2 Å². The summed E-state index contributed by atoms with van der Waals surface area (Å²) in [4.78, 5) is 20.9. The molecule has 0 fully saturated rings. The molecule has 5 heteroatoms. The van der Waals surface area contributed by atoms with Crippen molar-refractivity contribution in [3.63, 3.8) is 0 Å². The number of carbonyl (C=O) groups is 1. The molecule has 3 aromatic rings. The van der Waals surface area contributed by atoms with E-state index >= 15 is 0 Å². The Morgan fingerprint density at radius 2 is 1.68 bits per heavy atom. The summed E-state index contributed by atoms with van der Waals surface area (Å²) in [5.74, 6) is 0.212. The second kappa shape index (κ2) is 7.40. The summed E-state index contributed by atoms with van der Waals surface area (Å²) in [7, 11) is 0. The zero-order valence-electron chi connectivity index (χ0n) is 14.4. The average molecular weight is 334 g/mol. The van der Waals surface area contributed by atoms with Crippen molar-refractivity contribution >= 4 is 16.9 Å². The molecule has 3 N–H and O–H groups in total. The summed E-state index contributed by atoms with van der Waals surface area (Å²) in [5, 5.41) is 2.83. The molecular formula is C20H22N4O. The third-order valence-electron chi connectivity index (χ3n) is 4.20. The molecule has 1 heterocycles. The summed E-state index contributed by atoms with van der Waals surface area (Å²) in [6, 6.07) is 15.4.